The van der Waals surface area contributed by atoms with Gasteiger partial charge in [-0.2, -0.15) is 0 Å². The lowest BCUT2D eigenvalue weighted by Crippen LogP contribution is -2.15. The highest BCUT2D eigenvalue weighted by Crippen LogP contribution is 2.25. The zero-order chi connectivity index (χ0) is 19.4. The Hall–Kier alpha value is -3.41. The van der Waals surface area contributed by atoms with Gasteiger partial charge in [0.2, 0.25) is 11.7 Å². The molecule has 6 nitrogen and oxygen atoms in total. The molecule has 1 N–H and O–H groups in total. The van der Waals surface area contributed by atoms with Crippen LogP contribution in [0.1, 0.15) is 39.8 Å². The largest absolute Gasteiger partial charge is 0.451 e. The van der Waals surface area contributed by atoms with Gasteiger partial charge in [-0.15, -0.1) is 0 Å². The summed E-state index contributed by atoms with van der Waals surface area (Å²) in [7, 11) is 0. The Balaban J connectivity index is 1.63. The predicted molar refractivity (Wildman–Crippen MR) is 101 cm³/mol. The minimum atomic E-state index is -0.677. The van der Waals surface area contributed by atoms with E-state index < -0.39 is 12.6 Å². The number of fused-ring (bicyclic) bond motifs is 1. The molecule has 2 aromatic carbocycles. The molecule has 0 saturated heterocycles. The van der Waals surface area contributed by atoms with E-state index in [1.165, 1.54) is 0 Å². The minimum Gasteiger partial charge on any atom is -0.451 e. The molecular formula is C21H19NO5. The highest BCUT2D eigenvalue weighted by Gasteiger charge is 2.20. The van der Waals surface area contributed by atoms with Gasteiger partial charge >= 0.3 is 5.97 Å². The standard InChI is InChI=1S/C21H19NO5/c1-3-19(24)22-15-10-8-14(9-11-15)17(23)12-26-21(25)20-13(2)16-6-4-5-7-18(16)27-20/h4-11H,3,12H2,1-2H3,(H,22,24). The Morgan fingerprint density at radius 3 is 2.41 bits per heavy atom. The molecule has 1 aromatic heterocycles. The van der Waals surface area contributed by atoms with Crippen LogP contribution < -0.4 is 5.32 Å². The lowest BCUT2D eigenvalue weighted by Gasteiger charge is -2.06. The second-order valence-corrected chi connectivity index (χ2v) is 6.03. The van der Waals surface area contributed by atoms with Crippen molar-refractivity contribution in [2.24, 2.45) is 0 Å². The molecule has 0 aliphatic rings. The van der Waals surface area contributed by atoms with Gasteiger partial charge in [0.15, 0.2) is 12.4 Å². The van der Waals surface area contributed by atoms with Crippen molar-refractivity contribution in [3.05, 3.63) is 65.4 Å². The fraction of sp³-hybridized carbons (Fsp3) is 0.190. The Morgan fingerprint density at radius 2 is 1.74 bits per heavy atom. The number of furan rings is 1. The topological polar surface area (TPSA) is 85.6 Å². The zero-order valence-electron chi connectivity index (χ0n) is 15.1. The van der Waals surface area contributed by atoms with Gasteiger partial charge in [-0.05, 0) is 37.3 Å². The lowest BCUT2D eigenvalue weighted by atomic mass is 10.1. The SMILES string of the molecule is CCC(=O)Nc1ccc(C(=O)COC(=O)c2oc3ccccc3c2C)cc1. The number of amides is 1. The third-order valence-corrected chi connectivity index (χ3v) is 4.18. The Bertz CT molecular complexity index is 1000. The highest BCUT2D eigenvalue weighted by molar-refractivity contribution is 6.01. The molecule has 0 saturated carbocycles. The number of benzene rings is 2. The van der Waals surface area contributed by atoms with Crippen molar-refractivity contribution >= 4 is 34.3 Å². The number of ether oxygens (including phenoxy) is 1. The number of carbonyl (C=O) groups excluding carboxylic acids is 3. The minimum absolute atomic E-state index is 0.0987. The summed E-state index contributed by atoms with van der Waals surface area (Å²) in [5, 5.41) is 3.53. The number of aryl methyl sites for hydroxylation is 1. The number of hydrogen-bond donors (Lipinski definition) is 1. The summed E-state index contributed by atoms with van der Waals surface area (Å²) in [6, 6.07) is 13.7. The molecule has 3 rings (SSSR count). The maximum absolute atomic E-state index is 12.3. The van der Waals surface area contributed by atoms with Crippen molar-refractivity contribution in [3.63, 3.8) is 0 Å². The molecule has 0 spiro atoms. The number of Topliss-reactive ketones (excluding diaryl/α,β-unsaturated/α-hetero) is 1. The number of carbonyl (C=O) groups is 3. The molecule has 0 atom stereocenters. The Kier molecular flexibility index (Phi) is 5.35. The van der Waals surface area contributed by atoms with E-state index in [0.717, 1.165) is 5.39 Å². The van der Waals surface area contributed by atoms with E-state index in [1.54, 1.807) is 44.2 Å². The second kappa shape index (κ2) is 7.86. The number of hydrogen-bond acceptors (Lipinski definition) is 5. The quantitative estimate of drug-likeness (QED) is 0.524. The molecule has 0 aliphatic carbocycles. The van der Waals surface area contributed by atoms with Gasteiger partial charge in [0.25, 0.3) is 0 Å². The van der Waals surface area contributed by atoms with Crippen LogP contribution in [0.2, 0.25) is 0 Å². The lowest BCUT2D eigenvalue weighted by molar-refractivity contribution is -0.115. The fourth-order valence-electron chi connectivity index (χ4n) is 2.64. The molecule has 138 valence electrons. The number of ketones is 1. The predicted octanol–water partition coefficient (Wildman–Crippen LogP) is 4.13. The summed E-state index contributed by atoms with van der Waals surface area (Å²) in [6.07, 6.45) is 0.373. The van der Waals surface area contributed by atoms with Crippen molar-refractivity contribution in [2.75, 3.05) is 11.9 Å². The van der Waals surface area contributed by atoms with Gasteiger partial charge < -0.3 is 14.5 Å². The number of rotatable bonds is 6. The maximum atomic E-state index is 12.3. The average Bonchev–Trinajstić information content (AvgIpc) is 3.03. The van der Waals surface area contributed by atoms with Crippen LogP contribution in [0.25, 0.3) is 11.0 Å². The Labute approximate surface area is 156 Å². The molecule has 6 heteroatoms. The average molecular weight is 365 g/mol. The van der Waals surface area contributed by atoms with Crippen LogP contribution in [0, 0.1) is 6.92 Å². The molecule has 0 radical (unpaired) electrons. The second-order valence-electron chi connectivity index (χ2n) is 6.03. The van der Waals surface area contributed by atoms with Crippen LogP contribution in [0.5, 0.6) is 0 Å². The number of anilines is 1. The molecular weight excluding hydrogens is 346 g/mol. The first-order valence-electron chi connectivity index (χ1n) is 8.58. The summed E-state index contributed by atoms with van der Waals surface area (Å²) < 4.78 is 10.7. The van der Waals surface area contributed by atoms with Crippen molar-refractivity contribution in [2.45, 2.75) is 20.3 Å². The number of nitrogens with one attached hydrogen (secondary N) is 1. The summed E-state index contributed by atoms with van der Waals surface area (Å²) in [5.41, 5.74) is 2.27. The summed E-state index contributed by atoms with van der Waals surface area (Å²) >= 11 is 0. The molecule has 0 fully saturated rings. The molecule has 0 aliphatic heterocycles. The van der Waals surface area contributed by atoms with Crippen LogP contribution in [0.15, 0.2) is 52.9 Å². The van der Waals surface area contributed by atoms with Gasteiger partial charge in [-0.25, -0.2) is 4.79 Å². The maximum Gasteiger partial charge on any atom is 0.375 e. The van der Waals surface area contributed by atoms with Crippen molar-refractivity contribution < 1.29 is 23.5 Å². The van der Waals surface area contributed by atoms with Gasteiger partial charge in [0, 0.05) is 28.6 Å². The molecule has 0 bridgehead atoms. The zero-order valence-corrected chi connectivity index (χ0v) is 15.1. The third kappa shape index (κ3) is 4.06. The van der Waals surface area contributed by atoms with E-state index in [0.29, 0.717) is 28.8 Å². The van der Waals surface area contributed by atoms with Crippen LogP contribution in [-0.2, 0) is 9.53 Å². The van der Waals surface area contributed by atoms with Gasteiger partial charge in [0.05, 0.1) is 0 Å². The smallest absolute Gasteiger partial charge is 0.375 e. The number of esters is 1. The van der Waals surface area contributed by atoms with Crippen LogP contribution in [0.3, 0.4) is 0 Å². The molecule has 3 aromatic rings. The molecule has 27 heavy (non-hydrogen) atoms. The van der Waals surface area contributed by atoms with E-state index in [1.807, 2.05) is 18.2 Å². The molecule has 0 unspecified atom stereocenters. The first-order valence-corrected chi connectivity index (χ1v) is 8.58. The summed E-state index contributed by atoms with van der Waals surface area (Å²) in [6.45, 7) is 3.13. The summed E-state index contributed by atoms with van der Waals surface area (Å²) in [4.78, 5) is 35.9. The van der Waals surface area contributed by atoms with Crippen LogP contribution in [0.4, 0.5) is 5.69 Å². The first kappa shape index (κ1) is 18.4. The van der Waals surface area contributed by atoms with E-state index in [4.69, 9.17) is 9.15 Å². The Morgan fingerprint density at radius 1 is 1.04 bits per heavy atom. The van der Waals surface area contributed by atoms with Crippen molar-refractivity contribution in [1.82, 2.24) is 0 Å². The molecule has 1 amide bonds. The third-order valence-electron chi connectivity index (χ3n) is 4.18. The van der Waals surface area contributed by atoms with Crippen LogP contribution >= 0.6 is 0 Å². The van der Waals surface area contributed by atoms with E-state index in [2.05, 4.69) is 5.32 Å². The first-order chi connectivity index (χ1) is 13.0. The van der Waals surface area contributed by atoms with Gasteiger partial charge in [-0.3, -0.25) is 9.59 Å². The van der Waals surface area contributed by atoms with Gasteiger partial charge in [-0.1, -0.05) is 25.1 Å². The summed E-state index contributed by atoms with van der Waals surface area (Å²) in [5.74, 6) is -1.03. The van der Waals surface area contributed by atoms with E-state index in [-0.39, 0.29) is 17.5 Å². The monoisotopic (exact) mass is 365 g/mol. The van der Waals surface area contributed by atoms with Crippen molar-refractivity contribution in [1.29, 1.82) is 0 Å². The highest BCUT2D eigenvalue weighted by atomic mass is 16.5. The van der Waals surface area contributed by atoms with Crippen molar-refractivity contribution in [3.8, 4) is 0 Å². The van der Waals surface area contributed by atoms with E-state index >= 15 is 0 Å². The van der Waals surface area contributed by atoms with Crippen LogP contribution in [-0.4, -0.2) is 24.3 Å². The van der Waals surface area contributed by atoms with Gasteiger partial charge in [0.1, 0.15) is 5.58 Å². The molecule has 1 heterocycles. The number of para-hydroxylation sites is 1. The fourth-order valence-corrected chi connectivity index (χ4v) is 2.64. The van der Waals surface area contributed by atoms with E-state index in [9.17, 15) is 14.4 Å². The normalized spacial score (nSPS) is 10.6.